The Hall–Kier alpha value is -3.22. The molecular weight excluding hydrogens is 380 g/mol. The fourth-order valence-electron chi connectivity index (χ4n) is 3.17. The van der Waals surface area contributed by atoms with Gasteiger partial charge in [-0.1, -0.05) is 12.1 Å². The van der Waals surface area contributed by atoms with Crippen LogP contribution in [-0.4, -0.2) is 44.7 Å². The molecule has 0 radical (unpaired) electrons. The van der Waals surface area contributed by atoms with Gasteiger partial charge in [0.05, 0.1) is 7.11 Å². The first kappa shape index (κ1) is 21.5. The molecule has 0 spiro atoms. The minimum Gasteiger partial charge on any atom is -0.497 e. The monoisotopic (exact) mass is 410 g/mol. The third-order valence-corrected chi connectivity index (χ3v) is 4.84. The molecule has 7 heteroatoms. The number of aliphatic imine (C=N–C) groups is 1. The van der Waals surface area contributed by atoms with Crippen molar-refractivity contribution in [2.45, 2.75) is 32.2 Å². The third kappa shape index (κ3) is 6.69. The van der Waals surface area contributed by atoms with Crippen LogP contribution in [0.5, 0.6) is 17.2 Å². The van der Waals surface area contributed by atoms with Crippen LogP contribution in [0.15, 0.2) is 53.5 Å². The number of benzene rings is 2. The number of ether oxygens (including phenoxy) is 2. The third-order valence-electron chi connectivity index (χ3n) is 4.84. The average Bonchev–Trinajstić information content (AvgIpc) is 2.77. The van der Waals surface area contributed by atoms with Crippen LogP contribution < -0.4 is 25.4 Å². The Bertz CT molecular complexity index is 825. The summed E-state index contributed by atoms with van der Waals surface area (Å²) in [6, 6.07) is 15.8. The number of hydrogen-bond acceptors (Lipinski definition) is 4. The van der Waals surface area contributed by atoms with Gasteiger partial charge in [0, 0.05) is 32.1 Å². The maximum Gasteiger partial charge on any atom is 0.220 e. The van der Waals surface area contributed by atoms with Crippen LogP contribution in [0.4, 0.5) is 0 Å². The summed E-state index contributed by atoms with van der Waals surface area (Å²) in [7, 11) is 1.64. The largest absolute Gasteiger partial charge is 0.497 e. The maximum absolute atomic E-state index is 11.3. The van der Waals surface area contributed by atoms with Crippen LogP contribution in [0.1, 0.15) is 25.3 Å². The Balaban J connectivity index is 1.49. The molecule has 1 atom stereocenters. The second-order valence-corrected chi connectivity index (χ2v) is 7.12. The number of guanidine groups is 1. The SMILES string of the molecule is CCNC(=NCCc1ccc(Oc2ccc(OC)cc2)cc1)NC1CCC(=O)NC1. The molecule has 7 nitrogen and oxygen atoms in total. The van der Waals surface area contributed by atoms with Crippen molar-refractivity contribution in [1.29, 1.82) is 0 Å². The summed E-state index contributed by atoms with van der Waals surface area (Å²) in [4.78, 5) is 16.0. The molecular formula is C23H30N4O3. The first-order valence-electron chi connectivity index (χ1n) is 10.4. The van der Waals surface area contributed by atoms with E-state index in [4.69, 9.17) is 9.47 Å². The average molecular weight is 411 g/mol. The van der Waals surface area contributed by atoms with Crippen molar-refractivity contribution in [2.24, 2.45) is 4.99 Å². The summed E-state index contributed by atoms with van der Waals surface area (Å²) < 4.78 is 11.0. The Morgan fingerprint density at radius 3 is 2.37 bits per heavy atom. The van der Waals surface area contributed by atoms with E-state index in [0.717, 1.165) is 42.6 Å². The number of amides is 1. The maximum atomic E-state index is 11.3. The van der Waals surface area contributed by atoms with Crippen molar-refractivity contribution in [3.63, 3.8) is 0 Å². The summed E-state index contributed by atoms with van der Waals surface area (Å²) in [6.45, 7) is 4.15. The van der Waals surface area contributed by atoms with E-state index in [-0.39, 0.29) is 11.9 Å². The van der Waals surface area contributed by atoms with Gasteiger partial charge in [0.15, 0.2) is 5.96 Å². The standard InChI is InChI=1S/C23H30N4O3/c1-3-24-23(27-18-6-13-22(28)26-16-18)25-15-14-17-4-7-20(8-5-17)30-21-11-9-19(29-2)10-12-21/h4-5,7-12,18H,3,6,13-16H2,1-2H3,(H,26,28)(H2,24,25,27). The number of nitrogens with zero attached hydrogens (tertiary/aromatic N) is 1. The predicted molar refractivity (Wildman–Crippen MR) is 118 cm³/mol. The lowest BCUT2D eigenvalue weighted by Gasteiger charge is -2.25. The molecule has 1 saturated heterocycles. The molecule has 2 aromatic rings. The zero-order chi connectivity index (χ0) is 21.2. The Morgan fingerprint density at radius 1 is 1.10 bits per heavy atom. The van der Waals surface area contributed by atoms with Gasteiger partial charge >= 0.3 is 0 Å². The quantitative estimate of drug-likeness (QED) is 0.460. The molecule has 0 aliphatic carbocycles. The van der Waals surface area contributed by atoms with E-state index in [2.05, 4.69) is 33.1 Å². The summed E-state index contributed by atoms with van der Waals surface area (Å²) in [6.07, 6.45) is 2.22. The number of rotatable bonds is 8. The summed E-state index contributed by atoms with van der Waals surface area (Å²) in [5.41, 5.74) is 1.20. The minimum absolute atomic E-state index is 0.120. The molecule has 160 valence electrons. The van der Waals surface area contributed by atoms with Crippen LogP contribution >= 0.6 is 0 Å². The molecule has 0 saturated carbocycles. The highest BCUT2D eigenvalue weighted by molar-refractivity contribution is 5.81. The van der Waals surface area contributed by atoms with Crippen molar-refractivity contribution in [2.75, 3.05) is 26.7 Å². The van der Waals surface area contributed by atoms with Gasteiger partial charge in [-0.2, -0.15) is 0 Å². The van der Waals surface area contributed by atoms with Gasteiger partial charge < -0.3 is 25.4 Å². The molecule has 0 aromatic heterocycles. The highest BCUT2D eigenvalue weighted by Gasteiger charge is 2.18. The van der Waals surface area contributed by atoms with E-state index in [1.807, 2.05) is 43.3 Å². The van der Waals surface area contributed by atoms with Crippen molar-refractivity contribution in [3.8, 4) is 17.2 Å². The summed E-state index contributed by atoms with van der Waals surface area (Å²) >= 11 is 0. The van der Waals surface area contributed by atoms with Gasteiger partial charge in [-0.25, -0.2) is 0 Å². The van der Waals surface area contributed by atoms with Crippen molar-refractivity contribution in [3.05, 3.63) is 54.1 Å². The smallest absolute Gasteiger partial charge is 0.220 e. The molecule has 1 aliphatic rings. The second kappa shape index (κ2) is 11.1. The molecule has 1 unspecified atom stereocenters. The van der Waals surface area contributed by atoms with Crippen LogP contribution in [0.3, 0.4) is 0 Å². The van der Waals surface area contributed by atoms with Gasteiger partial charge in [-0.3, -0.25) is 9.79 Å². The van der Waals surface area contributed by atoms with Gasteiger partial charge in [0.1, 0.15) is 17.2 Å². The molecule has 1 amide bonds. The van der Waals surface area contributed by atoms with Crippen molar-refractivity contribution in [1.82, 2.24) is 16.0 Å². The van der Waals surface area contributed by atoms with E-state index >= 15 is 0 Å². The Morgan fingerprint density at radius 2 is 1.77 bits per heavy atom. The first-order chi connectivity index (χ1) is 14.7. The highest BCUT2D eigenvalue weighted by atomic mass is 16.5. The van der Waals surface area contributed by atoms with Crippen LogP contribution in [0.25, 0.3) is 0 Å². The second-order valence-electron chi connectivity index (χ2n) is 7.12. The highest BCUT2D eigenvalue weighted by Crippen LogP contribution is 2.24. The fourth-order valence-corrected chi connectivity index (χ4v) is 3.17. The topological polar surface area (TPSA) is 84.0 Å². The lowest BCUT2D eigenvalue weighted by atomic mass is 10.1. The van der Waals surface area contributed by atoms with E-state index in [0.29, 0.717) is 19.5 Å². The van der Waals surface area contributed by atoms with E-state index in [9.17, 15) is 4.79 Å². The first-order valence-corrected chi connectivity index (χ1v) is 10.4. The Labute approximate surface area is 177 Å². The molecule has 3 N–H and O–H groups in total. The number of carbonyl (C=O) groups is 1. The number of hydrogen-bond donors (Lipinski definition) is 3. The number of nitrogens with one attached hydrogen (secondary N) is 3. The van der Waals surface area contributed by atoms with Gasteiger partial charge in [-0.15, -0.1) is 0 Å². The molecule has 2 aromatic carbocycles. The molecule has 1 fully saturated rings. The predicted octanol–water partition coefficient (Wildman–Crippen LogP) is 2.86. The zero-order valence-electron chi connectivity index (χ0n) is 17.6. The zero-order valence-corrected chi connectivity index (χ0v) is 17.6. The van der Waals surface area contributed by atoms with E-state index < -0.39 is 0 Å². The Kier molecular flexibility index (Phi) is 7.94. The van der Waals surface area contributed by atoms with Gasteiger partial charge in [0.2, 0.25) is 5.91 Å². The number of methoxy groups -OCH3 is 1. The number of carbonyl (C=O) groups excluding carboxylic acids is 1. The number of piperidine rings is 1. The van der Waals surface area contributed by atoms with Gasteiger partial charge in [-0.05, 0) is 61.7 Å². The minimum atomic E-state index is 0.120. The molecule has 1 heterocycles. The lowest BCUT2D eigenvalue weighted by Crippen LogP contribution is -2.51. The van der Waals surface area contributed by atoms with Crippen LogP contribution in [-0.2, 0) is 11.2 Å². The molecule has 30 heavy (non-hydrogen) atoms. The van der Waals surface area contributed by atoms with Gasteiger partial charge in [0.25, 0.3) is 0 Å². The fraction of sp³-hybridized carbons (Fsp3) is 0.391. The van der Waals surface area contributed by atoms with E-state index in [1.54, 1.807) is 7.11 Å². The molecule has 3 rings (SSSR count). The lowest BCUT2D eigenvalue weighted by molar-refractivity contribution is -0.122. The normalized spacial score (nSPS) is 16.5. The van der Waals surface area contributed by atoms with E-state index in [1.165, 1.54) is 5.56 Å². The van der Waals surface area contributed by atoms with Crippen LogP contribution in [0, 0.1) is 0 Å². The van der Waals surface area contributed by atoms with Crippen molar-refractivity contribution >= 4 is 11.9 Å². The summed E-state index contributed by atoms with van der Waals surface area (Å²) in [5.74, 6) is 3.28. The summed E-state index contributed by atoms with van der Waals surface area (Å²) in [5, 5.41) is 9.56. The molecule has 0 bridgehead atoms. The van der Waals surface area contributed by atoms with Crippen LogP contribution in [0.2, 0.25) is 0 Å². The van der Waals surface area contributed by atoms with Crippen molar-refractivity contribution < 1.29 is 14.3 Å². The molecule has 1 aliphatic heterocycles.